The Kier molecular flexibility index (Phi) is 4.03. The van der Waals surface area contributed by atoms with Crippen molar-refractivity contribution in [1.82, 2.24) is 10.3 Å². The van der Waals surface area contributed by atoms with E-state index in [4.69, 9.17) is 0 Å². The van der Waals surface area contributed by atoms with Crippen LogP contribution in [0.4, 0.5) is 5.69 Å². The highest BCUT2D eigenvalue weighted by atomic mass is 32.2. The number of hydrogen-bond donors (Lipinski definition) is 2. The van der Waals surface area contributed by atoms with Crippen LogP contribution in [0.15, 0.2) is 58.5 Å². The van der Waals surface area contributed by atoms with Crippen LogP contribution >= 0.6 is 11.8 Å². The third-order valence-corrected chi connectivity index (χ3v) is 4.49. The summed E-state index contributed by atoms with van der Waals surface area (Å²) in [5.41, 5.74) is 1.42. The monoisotopic (exact) mass is 327 g/mol. The number of benzene rings is 2. The zero-order valence-corrected chi connectivity index (χ0v) is 13.0. The summed E-state index contributed by atoms with van der Waals surface area (Å²) in [5, 5.41) is 14.2. The number of non-ortho nitro benzene ring substituents is 1. The van der Waals surface area contributed by atoms with Crippen LogP contribution in [0.2, 0.25) is 0 Å². The predicted octanol–water partition coefficient (Wildman–Crippen LogP) is 3.59. The molecule has 2 aromatic carbocycles. The van der Waals surface area contributed by atoms with E-state index in [1.807, 2.05) is 18.3 Å². The number of para-hydroxylation sites is 1. The van der Waals surface area contributed by atoms with E-state index < -0.39 is 4.92 Å². The average Bonchev–Trinajstić information content (AvgIpc) is 2.97. The molecule has 3 aromatic rings. The minimum atomic E-state index is -0.421. The topological polar surface area (TPSA) is 88.0 Å². The molecule has 116 valence electrons. The van der Waals surface area contributed by atoms with Crippen molar-refractivity contribution in [2.75, 3.05) is 7.05 Å². The van der Waals surface area contributed by atoms with Gasteiger partial charge in [0.25, 0.3) is 11.6 Å². The van der Waals surface area contributed by atoms with Crippen LogP contribution in [0.25, 0.3) is 10.9 Å². The van der Waals surface area contributed by atoms with E-state index >= 15 is 0 Å². The van der Waals surface area contributed by atoms with E-state index in [-0.39, 0.29) is 11.6 Å². The summed E-state index contributed by atoms with van der Waals surface area (Å²) in [4.78, 5) is 27.1. The van der Waals surface area contributed by atoms with Gasteiger partial charge < -0.3 is 10.3 Å². The van der Waals surface area contributed by atoms with Gasteiger partial charge in [-0.2, -0.15) is 0 Å². The highest BCUT2D eigenvalue weighted by Crippen LogP contribution is 2.35. The van der Waals surface area contributed by atoms with Crippen LogP contribution in [0, 0.1) is 10.1 Å². The molecule has 0 atom stereocenters. The molecule has 0 aliphatic heterocycles. The van der Waals surface area contributed by atoms with Gasteiger partial charge in [-0.1, -0.05) is 23.9 Å². The molecule has 1 amide bonds. The number of aromatic nitrogens is 1. The van der Waals surface area contributed by atoms with E-state index in [1.165, 1.54) is 23.9 Å². The number of fused-ring (bicyclic) bond motifs is 1. The molecule has 1 heterocycles. The molecule has 23 heavy (non-hydrogen) atoms. The summed E-state index contributed by atoms with van der Waals surface area (Å²) in [6.07, 6.45) is 1.84. The second kappa shape index (κ2) is 6.13. The van der Waals surface area contributed by atoms with Crippen LogP contribution in [0.5, 0.6) is 0 Å². The van der Waals surface area contributed by atoms with Crippen molar-refractivity contribution < 1.29 is 9.72 Å². The summed E-state index contributed by atoms with van der Waals surface area (Å²) in [5.74, 6) is -0.149. The lowest BCUT2D eigenvalue weighted by Gasteiger charge is -2.03. The molecular weight excluding hydrogens is 314 g/mol. The Bertz CT molecular complexity index is 887. The maximum Gasteiger partial charge on any atom is 0.269 e. The second-order valence-electron chi connectivity index (χ2n) is 4.81. The van der Waals surface area contributed by atoms with Gasteiger partial charge in [-0.15, -0.1) is 0 Å². The number of nitrogens with one attached hydrogen (secondary N) is 2. The number of nitro groups is 1. The van der Waals surface area contributed by atoms with Gasteiger partial charge in [-0.25, -0.2) is 0 Å². The fourth-order valence-corrected chi connectivity index (χ4v) is 3.22. The predicted molar refractivity (Wildman–Crippen MR) is 88.9 cm³/mol. The largest absolute Gasteiger partial charge is 0.359 e. The number of carbonyl (C=O) groups excluding carboxylic acids is 1. The Morgan fingerprint density at radius 2 is 1.96 bits per heavy atom. The normalized spacial score (nSPS) is 10.7. The minimum absolute atomic E-state index is 0.0650. The SMILES string of the molecule is CNC(=O)c1cccc2c(Sc3ccc([N+](=O)[O-])cc3)c[nH]c12. The molecule has 1 aromatic heterocycles. The highest BCUT2D eigenvalue weighted by molar-refractivity contribution is 7.99. The van der Waals surface area contributed by atoms with E-state index in [0.29, 0.717) is 5.56 Å². The number of carbonyl (C=O) groups is 1. The average molecular weight is 327 g/mol. The van der Waals surface area contributed by atoms with Crippen LogP contribution in [-0.2, 0) is 0 Å². The molecule has 0 bridgehead atoms. The lowest BCUT2D eigenvalue weighted by molar-refractivity contribution is -0.384. The quantitative estimate of drug-likeness (QED) is 0.566. The van der Waals surface area contributed by atoms with Crippen molar-refractivity contribution in [3.05, 3.63) is 64.3 Å². The summed E-state index contributed by atoms with van der Waals surface area (Å²) in [7, 11) is 1.59. The molecule has 2 N–H and O–H groups in total. The summed E-state index contributed by atoms with van der Waals surface area (Å²) < 4.78 is 0. The number of nitro benzene ring substituents is 1. The zero-order valence-electron chi connectivity index (χ0n) is 12.2. The van der Waals surface area contributed by atoms with E-state index in [9.17, 15) is 14.9 Å². The summed E-state index contributed by atoms with van der Waals surface area (Å²) in [6.45, 7) is 0. The molecule has 0 aliphatic carbocycles. The number of hydrogen-bond acceptors (Lipinski definition) is 4. The van der Waals surface area contributed by atoms with Crippen molar-refractivity contribution in [1.29, 1.82) is 0 Å². The smallest absolute Gasteiger partial charge is 0.269 e. The molecule has 0 saturated heterocycles. The van der Waals surface area contributed by atoms with Gasteiger partial charge in [0.15, 0.2) is 0 Å². The molecule has 0 radical (unpaired) electrons. The molecular formula is C16H13N3O3S. The van der Waals surface area contributed by atoms with E-state index in [2.05, 4.69) is 10.3 Å². The third kappa shape index (κ3) is 2.91. The zero-order chi connectivity index (χ0) is 16.4. The van der Waals surface area contributed by atoms with Gasteiger partial charge in [-0.05, 0) is 18.2 Å². The van der Waals surface area contributed by atoms with Gasteiger partial charge in [0, 0.05) is 40.6 Å². The molecule has 7 heteroatoms. The van der Waals surface area contributed by atoms with Gasteiger partial charge in [0.05, 0.1) is 16.0 Å². The van der Waals surface area contributed by atoms with Crippen molar-refractivity contribution in [3.8, 4) is 0 Å². The number of rotatable bonds is 4. The van der Waals surface area contributed by atoms with Gasteiger partial charge in [0.2, 0.25) is 0 Å². The molecule has 0 spiro atoms. The van der Waals surface area contributed by atoms with Crippen molar-refractivity contribution in [2.45, 2.75) is 9.79 Å². The van der Waals surface area contributed by atoms with Crippen LogP contribution in [-0.4, -0.2) is 22.9 Å². The highest BCUT2D eigenvalue weighted by Gasteiger charge is 2.13. The number of amides is 1. The Morgan fingerprint density at radius 1 is 1.22 bits per heavy atom. The third-order valence-electron chi connectivity index (χ3n) is 3.42. The second-order valence-corrected chi connectivity index (χ2v) is 5.93. The molecule has 0 aliphatic rings. The van der Waals surface area contributed by atoms with Gasteiger partial charge in [0.1, 0.15) is 0 Å². The van der Waals surface area contributed by atoms with Gasteiger partial charge in [-0.3, -0.25) is 14.9 Å². The maximum atomic E-state index is 11.9. The van der Waals surface area contributed by atoms with Crippen molar-refractivity contribution in [3.63, 3.8) is 0 Å². The summed E-state index contributed by atoms with van der Waals surface area (Å²) >= 11 is 1.49. The summed E-state index contributed by atoms with van der Waals surface area (Å²) in [6, 6.07) is 11.9. The Balaban J connectivity index is 1.95. The molecule has 3 rings (SSSR count). The van der Waals surface area contributed by atoms with Crippen LogP contribution in [0.1, 0.15) is 10.4 Å². The number of H-pyrrole nitrogens is 1. The molecule has 0 fully saturated rings. The van der Waals surface area contributed by atoms with Crippen molar-refractivity contribution >= 4 is 34.3 Å². The van der Waals surface area contributed by atoms with E-state index in [0.717, 1.165) is 20.7 Å². The lowest BCUT2D eigenvalue weighted by atomic mass is 10.1. The standard InChI is InChI=1S/C16H13N3O3S/c1-17-16(20)13-4-2-3-12-14(9-18-15(12)13)23-11-7-5-10(6-8-11)19(21)22/h2-9,18H,1H3,(H,17,20). The lowest BCUT2D eigenvalue weighted by Crippen LogP contribution is -2.17. The number of nitrogens with zero attached hydrogens (tertiary/aromatic N) is 1. The first kappa shape index (κ1) is 15.1. The van der Waals surface area contributed by atoms with Gasteiger partial charge >= 0.3 is 0 Å². The molecule has 0 unspecified atom stereocenters. The first-order valence-electron chi connectivity index (χ1n) is 6.84. The number of aromatic amines is 1. The first-order chi connectivity index (χ1) is 11.1. The Hall–Kier alpha value is -2.80. The maximum absolute atomic E-state index is 11.9. The minimum Gasteiger partial charge on any atom is -0.359 e. The Morgan fingerprint density at radius 3 is 2.61 bits per heavy atom. The van der Waals surface area contributed by atoms with E-state index in [1.54, 1.807) is 25.2 Å². The van der Waals surface area contributed by atoms with Crippen molar-refractivity contribution in [2.24, 2.45) is 0 Å². The molecule has 6 nitrogen and oxygen atoms in total. The molecule has 0 saturated carbocycles. The van der Waals surface area contributed by atoms with Crippen LogP contribution in [0.3, 0.4) is 0 Å². The fraction of sp³-hybridized carbons (Fsp3) is 0.0625. The first-order valence-corrected chi connectivity index (χ1v) is 7.66. The van der Waals surface area contributed by atoms with Crippen LogP contribution < -0.4 is 5.32 Å². The Labute approximate surface area is 136 Å². The fourth-order valence-electron chi connectivity index (χ4n) is 2.30.